The predicted octanol–water partition coefficient (Wildman–Crippen LogP) is 6.07. The van der Waals surface area contributed by atoms with Crippen molar-refractivity contribution in [3.05, 3.63) is 88.5 Å². The maximum absolute atomic E-state index is 13.2. The summed E-state index contributed by atoms with van der Waals surface area (Å²) in [6, 6.07) is 16.8. The van der Waals surface area contributed by atoms with Gasteiger partial charge in [0.25, 0.3) is 5.69 Å². The van der Waals surface area contributed by atoms with E-state index < -0.39 is 10.9 Å². The van der Waals surface area contributed by atoms with Crippen LogP contribution < -0.4 is 5.32 Å². The number of nitro groups is 1. The van der Waals surface area contributed by atoms with Gasteiger partial charge in [0.05, 0.1) is 10.8 Å². The van der Waals surface area contributed by atoms with Gasteiger partial charge in [0.2, 0.25) is 0 Å². The second kappa shape index (κ2) is 14.2. The van der Waals surface area contributed by atoms with Crippen LogP contribution in [0.3, 0.4) is 0 Å². The average Bonchev–Trinajstić information content (AvgIpc) is 3.76. The number of rotatable bonds is 13. The normalized spacial score (nSPS) is 23.4. The molecular weight excluding hydrogens is 544 g/mol. The largest absolute Gasteiger partial charge is 0.481 e. The summed E-state index contributed by atoms with van der Waals surface area (Å²) < 4.78 is 0. The lowest BCUT2D eigenvalue weighted by Crippen LogP contribution is -2.51. The quantitative estimate of drug-likeness (QED) is 0.167. The van der Waals surface area contributed by atoms with Crippen LogP contribution in [0.1, 0.15) is 62.0 Å². The molecule has 2 aliphatic carbocycles. The summed E-state index contributed by atoms with van der Waals surface area (Å²) in [4.78, 5) is 40.3. The highest BCUT2D eigenvalue weighted by Gasteiger charge is 2.43. The molecule has 0 spiro atoms. The Labute approximate surface area is 254 Å². The van der Waals surface area contributed by atoms with Crippen LogP contribution in [0.5, 0.6) is 0 Å². The van der Waals surface area contributed by atoms with E-state index in [0.717, 1.165) is 57.3 Å². The lowest BCUT2D eigenvalue weighted by molar-refractivity contribution is -0.384. The van der Waals surface area contributed by atoms with E-state index in [1.54, 1.807) is 18.2 Å². The number of amides is 2. The van der Waals surface area contributed by atoms with Gasteiger partial charge >= 0.3 is 12.0 Å². The van der Waals surface area contributed by atoms with Crippen molar-refractivity contribution in [1.82, 2.24) is 15.1 Å². The number of carbonyl (C=O) groups is 2. The Morgan fingerprint density at radius 1 is 1.07 bits per heavy atom. The Morgan fingerprint density at radius 3 is 2.37 bits per heavy atom. The molecule has 43 heavy (non-hydrogen) atoms. The number of nitro benzene ring substituents is 1. The molecule has 1 aliphatic heterocycles. The monoisotopic (exact) mass is 588 g/mol. The predicted molar refractivity (Wildman–Crippen MR) is 166 cm³/mol. The van der Waals surface area contributed by atoms with Crippen molar-refractivity contribution in [2.75, 3.05) is 26.2 Å². The van der Waals surface area contributed by atoms with Crippen molar-refractivity contribution in [3.63, 3.8) is 0 Å². The molecular formula is C34H44N4O5. The number of carboxylic acid groups (broad SMARTS) is 1. The molecule has 0 bridgehead atoms. The second-order valence-corrected chi connectivity index (χ2v) is 12.7. The molecule has 2 N–H and O–H groups in total. The SMILES string of the molecule is C=CCN(C(=O)NCc1ccc([N+](=O)[O-])cc1)C1CCN(C[C@H]2CC(C(CC3CC3)C(=O)O)C[C@@H]2c2ccccc2)CC1. The van der Waals surface area contributed by atoms with Gasteiger partial charge in [-0.15, -0.1) is 6.58 Å². The fourth-order valence-electron chi connectivity index (χ4n) is 7.31. The molecule has 9 nitrogen and oxygen atoms in total. The van der Waals surface area contributed by atoms with E-state index in [2.05, 4.69) is 41.1 Å². The number of aliphatic carboxylic acids is 1. The summed E-state index contributed by atoms with van der Waals surface area (Å²) >= 11 is 0. The molecule has 1 saturated heterocycles. The molecule has 230 valence electrons. The van der Waals surface area contributed by atoms with E-state index >= 15 is 0 Å². The molecule has 9 heteroatoms. The van der Waals surface area contributed by atoms with E-state index in [4.69, 9.17) is 0 Å². The van der Waals surface area contributed by atoms with Crippen molar-refractivity contribution in [3.8, 4) is 0 Å². The fraction of sp³-hybridized carbons (Fsp3) is 0.529. The van der Waals surface area contributed by atoms with E-state index in [-0.39, 0.29) is 29.6 Å². The van der Waals surface area contributed by atoms with Gasteiger partial charge in [-0.25, -0.2) is 4.79 Å². The number of piperidine rings is 1. The maximum Gasteiger partial charge on any atom is 0.318 e. The van der Waals surface area contributed by atoms with Gasteiger partial charge in [-0.2, -0.15) is 0 Å². The smallest absolute Gasteiger partial charge is 0.318 e. The lowest BCUT2D eigenvalue weighted by atomic mass is 9.85. The molecule has 4 atom stereocenters. The second-order valence-electron chi connectivity index (χ2n) is 12.7. The van der Waals surface area contributed by atoms with Crippen LogP contribution >= 0.6 is 0 Å². The Hall–Kier alpha value is -3.72. The first-order valence-electron chi connectivity index (χ1n) is 15.7. The van der Waals surface area contributed by atoms with Gasteiger partial charge < -0.3 is 20.2 Å². The topological polar surface area (TPSA) is 116 Å². The Balaban J connectivity index is 1.17. The van der Waals surface area contributed by atoms with Gasteiger partial charge in [-0.3, -0.25) is 14.9 Å². The van der Waals surface area contributed by atoms with Gasteiger partial charge in [-0.05, 0) is 66.9 Å². The molecule has 2 aromatic rings. The summed E-state index contributed by atoms with van der Waals surface area (Å²) in [5.74, 6) is 0.727. The van der Waals surface area contributed by atoms with Gasteiger partial charge in [-0.1, -0.05) is 61.4 Å². The van der Waals surface area contributed by atoms with Crippen molar-refractivity contribution < 1.29 is 19.6 Å². The number of nitrogens with zero attached hydrogens (tertiary/aromatic N) is 3. The highest BCUT2D eigenvalue weighted by molar-refractivity contribution is 5.74. The zero-order chi connectivity index (χ0) is 30.3. The Kier molecular flexibility index (Phi) is 10.1. The number of carboxylic acids is 1. The van der Waals surface area contributed by atoms with Crippen LogP contribution in [0, 0.1) is 33.8 Å². The summed E-state index contributed by atoms with van der Waals surface area (Å²) in [6.45, 7) is 7.34. The zero-order valence-corrected chi connectivity index (χ0v) is 24.9. The number of hydrogen-bond acceptors (Lipinski definition) is 5. The summed E-state index contributed by atoms with van der Waals surface area (Å²) in [7, 11) is 0. The molecule has 1 heterocycles. The van der Waals surface area contributed by atoms with Crippen LogP contribution in [0.25, 0.3) is 0 Å². The van der Waals surface area contributed by atoms with Crippen LogP contribution in [0.15, 0.2) is 67.3 Å². The Morgan fingerprint density at radius 2 is 1.77 bits per heavy atom. The van der Waals surface area contributed by atoms with Gasteiger partial charge in [0, 0.05) is 50.9 Å². The lowest BCUT2D eigenvalue weighted by Gasteiger charge is -2.39. The maximum atomic E-state index is 13.2. The highest BCUT2D eigenvalue weighted by atomic mass is 16.6. The van der Waals surface area contributed by atoms with Crippen molar-refractivity contribution in [1.29, 1.82) is 0 Å². The number of hydrogen-bond donors (Lipinski definition) is 2. The fourth-order valence-corrected chi connectivity index (χ4v) is 7.31. The Bertz CT molecular complexity index is 1260. The van der Waals surface area contributed by atoms with Crippen molar-refractivity contribution in [2.24, 2.45) is 23.7 Å². The van der Waals surface area contributed by atoms with Crippen molar-refractivity contribution >= 4 is 17.7 Å². The first-order chi connectivity index (χ1) is 20.8. The third-order valence-corrected chi connectivity index (χ3v) is 9.80. The first-order valence-corrected chi connectivity index (χ1v) is 15.7. The molecule has 3 aliphatic rings. The average molecular weight is 589 g/mol. The van der Waals surface area contributed by atoms with E-state index in [1.807, 2.05) is 11.0 Å². The number of likely N-dealkylation sites (tertiary alicyclic amines) is 1. The molecule has 2 saturated carbocycles. The molecule has 2 amide bonds. The van der Waals surface area contributed by atoms with Gasteiger partial charge in [0.1, 0.15) is 0 Å². The number of benzene rings is 2. The molecule has 2 unspecified atom stereocenters. The summed E-state index contributed by atoms with van der Waals surface area (Å²) in [6.07, 6.45) is 8.55. The van der Waals surface area contributed by atoms with Crippen LogP contribution in [0.4, 0.5) is 10.5 Å². The molecule has 5 rings (SSSR count). The first kappa shape index (κ1) is 30.7. The minimum atomic E-state index is -0.626. The van der Waals surface area contributed by atoms with Crippen LogP contribution in [-0.4, -0.2) is 64.1 Å². The number of carbonyl (C=O) groups excluding carboxylic acids is 1. The minimum Gasteiger partial charge on any atom is -0.481 e. The van der Waals surface area contributed by atoms with E-state index in [9.17, 15) is 24.8 Å². The third-order valence-electron chi connectivity index (χ3n) is 9.80. The molecule has 0 aromatic heterocycles. The van der Waals surface area contributed by atoms with Crippen LogP contribution in [0.2, 0.25) is 0 Å². The van der Waals surface area contributed by atoms with E-state index in [0.29, 0.717) is 30.8 Å². The number of nitrogens with one attached hydrogen (secondary N) is 1. The standard InChI is InChI=1S/C34H44N4O5/c1-2-16-37(34(41)35-22-25-10-12-30(13-11-25)38(42)43)29-14-17-36(18-15-29)23-28-20-27(32(33(39)40)19-24-8-9-24)21-31(28)26-6-4-3-5-7-26/h2-7,10-13,24,27-29,31-32H,1,8-9,14-23H2,(H,35,41)(H,39,40)/t27?,28-,31-,32?/m1/s1. The molecule has 3 fully saturated rings. The van der Waals surface area contributed by atoms with E-state index in [1.165, 1.54) is 30.5 Å². The highest BCUT2D eigenvalue weighted by Crippen LogP contribution is 2.49. The summed E-state index contributed by atoms with van der Waals surface area (Å²) in [5, 5.41) is 24.0. The van der Waals surface area contributed by atoms with Crippen LogP contribution in [-0.2, 0) is 11.3 Å². The zero-order valence-electron chi connectivity index (χ0n) is 24.9. The van der Waals surface area contributed by atoms with Crippen molar-refractivity contribution in [2.45, 2.75) is 63.5 Å². The van der Waals surface area contributed by atoms with Gasteiger partial charge in [0.15, 0.2) is 0 Å². The number of non-ortho nitro benzene ring substituents is 1. The summed E-state index contributed by atoms with van der Waals surface area (Å²) in [5.41, 5.74) is 2.15. The third kappa shape index (κ3) is 8.02. The minimum absolute atomic E-state index is 0.0262. The molecule has 0 radical (unpaired) electrons. The number of urea groups is 1. The molecule has 2 aromatic carbocycles.